The summed E-state index contributed by atoms with van der Waals surface area (Å²) in [5.74, 6) is 0. The number of aryl methyl sites for hydroxylation is 1. The summed E-state index contributed by atoms with van der Waals surface area (Å²) >= 11 is 0. The molecule has 3 nitrogen and oxygen atoms in total. The monoisotopic (exact) mass is 235 g/mol. The molecule has 1 aromatic carbocycles. The summed E-state index contributed by atoms with van der Waals surface area (Å²) in [6, 6.07) is 7.98. The van der Waals surface area contributed by atoms with Gasteiger partial charge in [0.1, 0.15) is 0 Å². The average molecular weight is 235 g/mol. The molecule has 94 valence electrons. The van der Waals surface area contributed by atoms with Crippen LogP contribution in [0.3, 0.4) is 0 Å². The summed E-state index contributed by atoms with van der Waals surface area (Å²) in [6.07, 6.45) is 1.81. The van der Waals surface area contributed by atoms with E-state index < -0.39 is 0 Å². The maximum absolute atomic E-state index is 5.69. The third-order valence-corrected chi connectivity index (χ3v) is 2.97. The Morgan fingerprint density at radius 3 is 2.35 bits per heavy atom. The minimum absolute atomic E-state index is 0.0550. The Morgan fingerprint density at radius 1 is 1.18 bits per heavy atom. The molecule has 2 N–H and O–H groups in total. The zero-order chi connectivity index (χ0) is 12.3. The molecule has 0 radical (unpaired) electrons. The maximum atomic E-state index is 5.69. The van der Waals surface area contributed by atoms with Gasteiger partial charge in [0.25, 0.3) is 0 Å². The van der Waals surface area contributed by atoms with E-state index >= 15 is 0 Å². The molecule has 0 bridgehead atoms. The van der Waals surface area contributed by atoms with Gasteiger partial charge in [-0.2, -0.15) is 0 Å². The Bertz CT molecular complexity index is 349. The number of nitrogens with two attached hydrogens (primary N) is 1. The van der Waals surface area contributed by atoms with Gasteiger partial charge in [0.2, 0.25) is 0 Å². The average Bonchev–Trinajstić information content (AvgIpc) is 2.30. The van der Waals surface area contributed by atoms with E-state index in [1.54, 1.807) is 0 Å². The fourth-order valence-electron chi connectivity index (χ4n) is 1.86. The van der Waals surface area contributed by atoms with E-state index in [1.165, 1.54) is 5.56 Å². The van der Waals surface area contributed by atoms with Gasteiger partial charge in [-0.1, -0.05) is 26.0 Å². The highest BCUT2D eigenvalue weighted by Gasteiger charge is 2.27. The zero-order valence-corrected chi connectivity index (χ0v) is 10.6. The van der Waals surface area contributed by atoms with Crippen LogP contribution in [0.25, 0.3) is 0 Å². The van der Waals surface area contributed by atoms with Crippen molar-refractivity contribution in [2.45, 2.75) is 33.0 Å². The molecule has 1 saturated heterocycles. The Balaban J connectivity index is 1.78. The highest BCUT2D eigenvalue weighted by molar-refractivity contribution is 5.39. The van der Waals surface area contributed by atoms with Crippen LogP contribution < -0.4 is 5.73 Å². The molecule has 0 atom stereocenters. The van der Waals surface area contributed by atoms with Crippen LogP contribution in [-0.2, 0) is 15.9 Å². The van der Waals surface area contributed by atoms with Crippen molar-refractivity contribution in [2.24, 2.45) is 5.41 Å². The topological polar surface area (TPSA) is 44.5 Å². The van der Waals surface area contributed by atoms with Crippen molar-refractivity contribution in [2.75, 3.05) is 18.9 Å². The van der Waals surface area contributed by atoms with Crippen molar-refractivity contribution in [1.29, 1.82) is 0 Å². The summed E-state index contributed by atoms with van der Waals surface area (Å²) in [7, 11) is 0. The SMILES string of the molecule is CC1(C)COC(CCc2ccc(N)cc2)OC1. The number of nitrogen functional groups attached to an aromatic ring is 1. The molecule has 0 aromatic heterocycles. The standard InChI is InChI=1S/C14H21NO2/c1-14(2)9-16-13(17-10-14)8-5-11-3-6-12(15)7-4-11/h3-4,6-7,13H,5,8-10,15H2,1-2H3. The van der Waals surface area contributed by atoms with Crippen LogP contribution >= 0.6 is 0 Å². The minimum atomic E-state index is -0.0550. The van der Waals surface area contributed by atoms with Crippen molar-refractivity contribution in [1.82, 2.24) is 0 Å². The Kier molecular flexibility index (Phi) is 3.69. The van der Waals surface area contributed by atoms with E-state index in [9.17, 15) is 0 Å². The largest absolute Gasteiger partial charge is 0.399 e. The van der Waals surface area contributed by atoms with Gasteiger partial charge in [0, 0.05) is 17.5 Å². The molecule has 17 heavy (non-hydrogen) atoms. The van der Waals surface area contributed by atoms with E-state index in [0.29, 0.717) is 0 Å². The lowest BCUT2D eigenvalue weighted by atomic mass is 9.95. The third kappa shape index (κ3) is 3.72. The second kappa shape index (κ2) is 5.07. The fourth-order valence-corrected chi connectivity index (χ4v) is 1.86. The lowest BCUT2D eigenvalue weighted by Crippen LogP contribution is -2.37. The lowest BCUT2D eigenvalue weighted by Gasteiger charge is -2.34. The number of ether oxygens (including phenoxy) is 2. The smallest absolute Gasteiger partial charge is 0.157 e. The second-order valence-corrected chi connectivity index (χ2v) is 5.50. The van der Waals surface area contributed by atoms with Gasteiger partial charge in [-0.25, -0.2) is 0 Å². The van der Waals surface area contributed by atoms with Gasteiger partial charge in [-0.3, -0.25) is 0 Å². The van der Waals surface area contributed by atoms with Crippen molar-refractivity contribution < 1.29 is 9.47 Å². The number of benzene rings is 1. The molecule has 0 saturated carbocycles. The third-order valence-electron chi connectivity index (χ3n) is 2.97. The quantitative estimate of drug-likeness (QED) is 0.819. The van der Waals surface area contributed by atoms with Gasteiger partial charge >= 0.3 is 0 Å². The van der Waals surface area contributed by atoms with E-state index in [0.717, 1.165) is 31.7 Å². The van der Waals surface area contributed by atoms with Crippen LogP contribution in [0.5, 0.6) is 0 Å². The molecule has 0 amide bonds. The Morgan fingerprint density at radius 2 is 1.76 bits per heavy atom. The number of hydrogen-bond donors (Lipinski definition) is 1. The van der Waals surface area contributed by atoms with Gasteiger partial charge in [-0.05, 0) is 24.1 Å². The van der Waals surface area contributed by atoms with Crippen LogP contribution in [-0.4, -0.2) is 19.5 Å². The predicted octanol–water partition coefficient (Wildman–Crippen LogP) is 2.60. The van der Waals surface area contributed by atoms with Crippen molar-refractivity contribution >= 4 is 5.69 Å². The molecule has 1 heterocycles. The van der Waals surface area contributed by atoms with Crippen molar-refractivity contribution in [3.63, 3.8) is 0 Å². The van der Waals surface area contributed by atoms with Crippen molar-refractivity contribution in [3.8, 4) is 0 Å². The van der Waals surface area contributed by atoms with E-state index in [1.807, 2.05) is 12.1 Å². The molecule has 1 aromatic rings. The maximum Gasteiger partial charge on any atom is 0.157 e. The van der Waals surface area contributed by atoms with E-state index in [-0.39, 0.29) is 11.7 Å². The Labute approximate surface area is 103 Å². The molecule has 0 spiro atoms. The first kappa shape index (κ1) is 12.4. The van der Waals surface area contributed by atoms with Crippen LogP contribution in [0.4, 0.5) is 5.69 Å². The summed E-state index contributed by atoms with van der Waals surface area (Å²) < 4.78 is 11.4. The molecule has 1 aliphatic rings. The van der Waals surface area contributed by atoms with E-state index in [2.05, 4.69) is 26.0 Å². The number of hydrogen-bond acceptors (Lipinski definition) is 3. The first-order chi connectivity index (χ1) is 8.05. The summed E-state index contributed by atoms with van der Waals surface area (Å²) in [6.45, 7) is 5.87. The molecule has 3 heteroatoms. The molecule has 0 aliphatic carbocycles. The Hall–Kier alpha value is -1.06. The number of anilines is 1. The molecule has 1 aliphatic heterocycles. The van der Waals surface area contributed by atoms with Gasteiger partial charge in [-0.15, -0.1) is 0 Å². The van der Waals surface area contributed by atoms with E-state index in [4.69, 9.17) is 15.2 Å². The molecule has 2 rings (SSSR count). The van der Waals surface area contributed by atoms with Crippen LogP contribution in [0.2, 0.25) is 0 Å². The first-order valence-corrected chi connectivity index (χ1v) is 6.13. The fraction of sp³-hybridized carbons (Fsp3) is 0.571. The predicted molar refractivity (Wildman–Crippen MR) is 68.6 cm³/mol. The molecule has 1 fully saturated rings. The highest BCUT2D eigenvalue weighted by atomic mass is 16.7. The normalized spacial score (nSPS) is 20.4. The summed E-state index contributed by atoms with van der Waals surface area (Å²) in [4.78, 5) is 0. The second-order valence-electron chi connectivity index (χ2n) is 5.50. The molecular formula is C14H21NO2. The van der Waals surface area contributed by atoms with Crippen molar-refractivity contribution in [3.05, 3.63) is 29.8 Å². The van der Waals surface area contributed by atoms with Crippen LogP contribution in [0, 0.1) is 5.41 Å². The zero-order valence-electron chi connectivity index (χ0n) is 10.6. The summed E-state index contributed by atoms with van der Waals surface area (Å²) in [5, 5.41) is 0. The minimum Gasteiger partial charge on any atom is -0.399 e. The van der Waals surface area contributed by atoms with Gasteiger partial charge < -0.3 is 15.2 Å². The van der Waals surface area contributed by atoms with Gasteiger partial charge in [0.05, 0.1) is 13.2 Å². The number of rotatable bonds is 3. The van der Waals surface area contributed by atoms with Gasteiger partial charge in [0.15, 0.2) is 6.29 Å². The lowest BCUT2D eigenvalue weighted by molar-refractivity contribution is -0.223. The van der Waals surface area contributed by atoms with Crippen LogP contribution in [0.1, 0.15) is 25.8 Å². The summed E-state index contributed by atoms with van der Waals surface area (Å²) in [5.41, 5.74) is 7.88. The molecular weight excluding hydrogens is 214 g/mol. The molecule has 0 unspecified atom stereocenters. The van der Waals surface area contributed by atoms with Crippen LogP contribution in [0.15, 0.2) is 24.3 Å². The highest BCUT2D eigenvalue weighted by Crippen LogP contribution is 2.24. The first-order valence-electron chi connectivity index (χ1n) is 6.13.